The van der Waals surface area contributed by atoms with E-state index in [-0.39, 0.29) is 0 Å². The Morgan fingerprint density at radius 1 is 1.33 bits per heavy atom. The van der Waals surface area contributed by atoms with Crippen molar-refractivity contribution in [3.8, 4) is 0 Å². The molecule has 1 aromatic carbocycles. The van der Waals surface area contributed by atoms with Crippen LogP contribution in [0.1, 0.15) is 31.9 Å². The van der Waals surface area contributed by atoms with Crippen LogP contribution in [0.2, 0.25) is 0 Å². The van der Waals surface area contributed by atoms with Crippen molar-refractivity contribution in [2.75, 3.05) is 0 Å². The van der Waals surface area contributed by atoms with Gasteiger partial charge in [-0.25, -0.2) is 0 Å². The molecule has 0 unspecified atom stereocenters. The van der Waals surface area contributed by atoms with Crippen LogP contribution in [0.4, 0.5) is 0 Å². The second-order valence-corrected chi connectivity index (χ2v) is 3.85. The predicted octanol–water partition coefficient (Wildman–Crippen LogP) is 3.91. The van der Waals surface area contributed by atoms with Crippen LogP contribution in [0.15, 0.2) is 41.7 Å². The fourth-order valence-corrected chi connectivity index (χ4v) is 1.97. The third-order valence-corrected chi connectivity index (χ3v) is 2.91. The average Bonchev–Trinajstić information content (AvgIpc) is 2.28. The van der Waals surface area contributed by atoms with Crippen LogP contribution in [0, 0.1) is 0 Å². The lowest BCUT2D eigenvalue weighted by Gasteiger charge is -2.22. The van der Waals surface area contributed by atoms with Gasteiger partial charge in [0, 0.05) is 5.57 Å². The zero-order valence-corrected chi connectivity index (χ0v) is 9.50. The minimum Gasteiger partial charge on any atom is -0.493 e. The molecule has 0 amide bonds. The van der Waals surface area contributed by atoms with Crippen LogP contribution in [-0.4, -0.2) is 0 Å². The second-order valence-electron chi connectivity index (χ2n) is 3.85. The number of benzene rings is 1. The Balaban J connectivity index is 2.60. The molecule has 0 saturated carbocycles. The van der Waals surface area contributed by atoms with Gasteiger partial charge in [0.2, 0.25) is 0 Å². The second kappa shape index (κ2) is 3.93. The van der Waals surface area contributed by atoms with Gasteiger partial charge in [0.15, 0.2) is 0 Å². The van der Waals surface area contributed by atoms with E-state index in [9.17, 15) is 0 Å². The largest absolute Gasteiger partial charge is 0.493 e. The van der Waals surface area contributed by atoms with Gasteiger partial charge in [-0.1, -0.05) is 30.3 Å². The number of ether oxygens (including phenoxy) is 1. The maximum Gasteiger partial charge on any atom is 0.113 e. The topological polar surface area (TPSA) is 9.23 Å². The fraction of sp³-hybridized carbons (Fsp3) is 0.286. The van der Waals surface area contributed by atoms with E-state index in [2.05, 4.69) is 44.2 Å². The number of rotatable bonds is 1. The molecule has 0 aliphatic carbocycles. The first-order valence-corrected chi connectivity index (χ1v) is 5.29. The maximum atomic E-state index is 5.68. The van der Waals surface area contributed by atoms with Crippen molar-refractivity contribution in [3.05, 3.63) is 52.8 Å². The summed E-state index contributed by atoms with van der Waals surface area (Å²) in [5, 5.41) is 0. The molecule has 0 bridgehead atoms. The van der Waals surface area contributed by atoms with E-state index < -0.39 is 0 Å². The number of allylic oxidation sites excluding steroid dienone is 4. The third-order valence-electron chi connectivity index (χ3n) is 2.91. The van der Waals surface area contributed by atoms with Gasteiger partial charge in [0.05, 0.1) is 0 Å². The van der Waals surface area contributed by atoms with E-state index >= 15 is 0 Å². The standard InChI is InChI=1S/C14H16O/c1-4-10(2)14-11(3)15-9-12-7-5-6-8-13(12)14/h4-8H,9H2,1-3H3/b10-4-. The van der Waals surface area contributed by atoms with Crippen LogP contribution in [0.3, 0.4) is 0 Å². The predicted molar refractivity (Wildman–Crippen MR) is 63.3 cm³/mol. The monoisotopic (exact) mass is 200 g/mol. The molecule has 0 fully saturated rings. The number of hydrogen-bond donors (Lipinski definition) is 0. The lowest BCUT2D eigenvalue weighted by molar-refractivity contribution is 0.197. The van der Waals surface area contributed by atoms with Gasteiger partial charge in [0.25, 0.3) is 0 Å². The number of fused-ring (bicyclic) bond motifs is 1. The van der Waals surface area contributed by atoms with Crippen LogP contribution in [0.5, 0.6) is 0 Å². The summed E-state index contributed by atoms with van der Waals surface area (Å²) in [6.45, 7) is 6.93. The average molecular weight is 200 g/mol. The molecule has 0 atom stereocenters. The molecule has 0 N–H and O–H groups in total. The molecule has 0 aromatic heterocycles. The van der Waals surface area contributed by atoms with E-state index in [1.807, 2.05) is 6.92 Å². The zero-order chi connectivity index (χ0) is 10.8. The summed E-state index contributed by atoms with van der Waals surface area (Å²) in [7, 11) is 0. The van der Waals surface area contributed by atoms with E-state index in [1.165, 1.54) is 22.3 Å². The van der Waals surface area contributed by atoms with E-state index in [0.29, 0.717) is 6.61 Å². The van der Waals surface area contributed by atoms with Gasteiger partial charge in [0.1, 0.15) is 12.4 Å². The van der Waals surface area contributed by atoms with Gasteiger partial charge in [-0.15, -0.1) is 0 Å². The molecular weight excluding hydrogens is 184 g/mol. The van der Waals surface area contributed by atoms with Crippen LogP contribution < -0.4 is 0 Å². The molecule has 1 aromatic rings. The van der Waals surface area contributed by atoms with Crippen molar-refractivity contribution in [1.29, 1.82) is 0 Å². The van der Waals surface area contributed by atoms with Crippen molar-refractivity contribution in [3.63, 3.8) is 0 Å². The Bertz CT molecular complexity index is 438. The highest BCUT2D eigenvalue weighted by Crippen LogP contribution is 2.33. The molecule has 0 saturated heterocycles. The summed E-state index contributed by atoms with van der Waals surface area (Å²) in [6.07, 6.45) is 2.13. The fourth-order valence-electron chi connectivity index (χ4n) is 1.97. The van der Waals surface area contributed by atoms with Crippen LogP contribution >= 0.6 is 0 Å². The summed E-state index contributed by atoms with van der Waals surface area (Å²) in [5.41, 5.74) is 5.12. The molecule has 0 spiro atoms. The molecule has 15 heavy (non-hydrogen) atoms. The van der Waals surface area contributed by atoms with E-state index in [1.54, 1.807) is 0 Å². The molecule has 2 rings (SSSR count). The summed E-state index contributed by atoms with van der Waals surface area (Å²) < 4.78 is 5.68. The summed E-state index contributed by atoms with van der Waals surface area (Å²) >= 11 is 0. The first kappa shape index (κ1) is 10.0. The summed E-state index contributed by atoms with van der Waals surface area (Å²) in [4.78, 5) is 0. The number of hydrogen-bond acceptors (Lipinski definition) is 1. The Kier molecular flexibility index (Phi) is 2.63. The molecule has 1 nitrogen and oxygen atoms in total. The lowest BCUT2D eigenvalue weighted by atomic mass is 9.92. The first-order chi connectivity index (χ1) is 7.24. The summed E-state index contributed by atoms with van der Waals surface area (Å²) in [6, 6.07) is 8.44. The minimum atomic E-state index is 0.697. The molecule has 1 heterocycles. The molecular formula is C14H16O. The Morgan fingerprint density at radius 2 is 2.07 bits per heavy atom. The van der Waals surface area contributed by atoms with Gasteiger partial charge < -0.3 is 4.74 Å². The summed E-state index contributed by atoms with van der Waals surface area (Å²) in [5.74, 6) is 1.03. The zero-order valence-electron chi connectivity index (χ0n) is 9.50. The quantitative estimate of drug-likeness (QED) is 0.667. The third kappa shape index (κ3) is 1.70. The van der Waals surface area contributed by atoms with Gasteiger partial charge in [-0.3, -0.25) is 0 Å². The molecule has 78 valence electrons. The van der Waals surface area contributed by atoms with Crippen LogP contribution in [0.25, 0.3) is 5.57 Å². The van der Waals surface area contributed by atoms with E-state index in [4.69, 9.17) is 4.74 Å². The van der Waals surface area contributed by atoms with Crippen molar-refractivity contribution < 1.29 is 4.74 Å². The lowest BCUT2D eigenvalue weighted by Crippen LogP contribution is -2.06. The highest BCUT2D eigenvalue weighted by molar-refractivity contribution is 5.82. The Morgan fingerprint density at radius 3 is 2.80 bits per heavy atom. The highest BCUT2D eigenvalue weighted by atomic mass is 16.5. The normalized spacial score (nSPS) is 16.1. The Labute approximate surface area is 91.1 Å². The van der Waals surface area contributed by atoms with Gasteiger partial charge in [-0.05, 0) is 37.5 Å². The van der Waals surface area contributed by atoms with Crippen molar-refractivity contribution in [1.82, 2.24) is 0 Å². The van der Waals surface area contributed by atoms with Crippen molar-refractivity contribution in [2.45, 2.75) is 27.4 Å². The van der Waals surface area contributed by atoms with Gasteiger partial charge in [-0.2, -0.15) is 0 Å². The van der Waals surface area contributed by atoms with Gasteiger partial charge >= 0.3 is 0 Å². The first-order valence-electron chi connectivity index (χ1n) is 5.29. The highest BCUT2D eigenvalue weighted by Gasteiger charge is 2.17. The van der Waals surface area contributed by atoms with Crippen molar-refractivity contribution in [2.24, 2.45) is 0 Å². The smallest absolute Gasteiger partial charge is 0.113 e. The van der Waals surface area contributed by atoms with Crippen molar-refractivity contribution >= 4 is 5.57 Å². The molecule has 1 heteroatoms. The minimum absolute atomic E-state index is 0.697. The van der Waals surface area contributed by atoms with E-state index in [0.717, 1.165) is 5.76 Å². The SMILES string of the molecule is C/C=C(/C)C1=C(C)OCc2ccccc21. The molecule has 0 radical (unpaired) electrons. The molecule has 1 aliphatic rings. The Hall–Kier alpha value is -1.50. The molecule has 1 aliphatic heterocycles. The van der Waals surface area contributed by atoms with Crippen LogP contribution in [-0.2, 0) is 11.3 Å². The maximum absolute atomic E-state index is 5.68.